The molecule has 2 bridgehead atoms. The quantitative estimate of drug-likeness (QED) is 0.383. The fourth-order valence-electron chi connectivity index (χ4n) is 7.79. The number of aliphatic imine (C=N–C) groups is 1. The van der Waals surface area contributed by atoms with Crippen LogP contribution in [0.2, 0.25) is 0 Å². The lowest BCUT2D eigenvalue weighted by Gasteiger charge is -2.37. The van der Waals surface area contributed by atoms with Crippen molar-refractivity contribution in [1.29, 1.82) is 0 Å². The second kappa shape index (κ2) is 8.93. The van der Waals surface area contributed by atoms with Crippen molar-refractivity contribution in [1.82, 2.24) is 4.31 Å². The van der Waals surface area contributed by atoms with E-state index in [1.807, 2.05) is 60.7 Å². The maximum absolute atomic E-state index is 14.5. The van der Waals surface area contributed by atoms with Gasteiger partial charge in [0.15, 0.2) is 0 Å². The van der Waals surface area contributed by atoms with Crippen LogP contribution in [0.3, 0.4) is 0 Å². The molecule has 1 spiro atoms. The first-order valence-electron chi connectivity index (χ1n) is 13.7. The van der Waals surface area contributed by atoms with Gasteiger partial charge in [-0.3, -0.25) is 9.79 Å². The zero-order valence-corrected chi connectivity index (χ0v) is 22.5. The average molecular weight is 517 g/mol. The number of fused-ring (bicyclic) bond motifs is 1. The Morgan fingerprint density at radius 2 is 1.65 bits per heavy atom. The monoisotopic (exact) mass is 516 g/mol. The Hall–Kier alpha value is -2.73. The second-order valence-corrected chi connectivity index (χ2v) is 13.8. The summed E-state index contributed by atoms with van der Waals surface area (Å²) in [6, 6.07) is 18.8. The molecular weight excluding hydrogens is 480 g/mol. The fraction of sp³-hybridized carbons (Fsp3) is 0.484. The Morgan fingerprint density at radius 3 is 2.22 bits per heavy atom. The van der Waals surface area contributed by atoms with Crippen LogP contribution in [0.5, 0.6) is 0 Å². The summed E-state index contributed by atoms with van der Waals surface area (Å²) in [7, 11) is -3.72. The van der Waals surface area contributed by atoms with Crippen molar-refractivity contribution in [2.45, 2.75) is 64.5 Å². The normalized spacial score (nSPS) is 31.6. The molecule has 2 saturated carbocycles. The number of hydrogen-bond acceptors (Lipinski definition) is 4. The molecule has 194 valence electrons. The minimum Gasteiger partial charge on any atom is -0.271 e. The zero-order chi connectivity index (χ0) is 25.8. The molecule has 6 rings (SSSR count). The van der Waals surface area contributed by atoms with Gasteiger partial charge in [0.25, 0.3) is 5.91 Å². The number of allylic oxidation sites excluding steroid dienone is 1. The largest absolute Gasteiger partial charge is 0.271 e. The van der Waals surface area contributed by atoms with Crippen molar-refractivity contribution in [3.63, 3.8) is 0 Å². The smallest absolute Gasteiger partial charge is 0.261 e. The SMILES string of the molecule is CC1(C)[C@@H]2CC[C@]13CS(=O)(=O)N(C(=O)[C@@H](N=C(c1ccccc1)c1ccccc1)C1C=CCCC1)[C@H]3C2. The van der Waals surface area contributed by atoms with Gasteiger partial charge in [0, 0.05) is 22.5 Å². The maximum Gasteiger partial charge on any atom is 0.261 e. The van der Waals surface area contributed by atoms with Crippen LogP contribution in [0, 0.1) is 22.7 Å². The topological polar surface area (TPSA) is 66.8 Å². The van der Waals surface area contributed by atoms with E-state index in [2.05, 4.69) is 26.0 Å². The minimum absolute atomic E-state index is 0.0808. The summed E-state index contributed by atoms with van der Waals surface area (Å²) in [6.45, 7) is 4.44. The lowest BCUT2D eigenvalue weighted by atomic mass is 9.69. The van der Waals surface area contributed by atoms with E-state index >= 15 is 0 Å². The molecule has 3 aliphatic carbocycles. The van der Waals surface area contributed by atoms with E-state index in [0.29, 0.717) is 5.92 Å². The van der Waals surface area contributed by atoms with Crippen LogP contribution in [-0.4, -0.2) is 42.2 Å². The van der Waals surface area contributed by atoms with Crippen molar-refractivity contribution in [3.8, 4) is 0 Å². The summed E-state index contributed by atoms with van der Waals surface area (Å²) in [5.74, 6) is 0.0818. The van der Waals surface area contributed by atoms with Crippen molar-refractivity contribution >= 4 is 21.6 Å². The van der Waals surface area contributed by atoms with Gasteiger partial charge in [0.05, 0.1) is 17.5 Å². The third-order valence-electron chi connectivity index (χ3n) is 9.94. The number of amides is 1. The van der Waals surface area contributed by atoms with Crippen LogP contribution in [0.25, 0.3) is 0 Å². The first-order valence-corrected chi connectivity index (χ1v) is 15.3. The fourth-order valence-corrected chi connectivity index (χ4v) is 10.3. The first kappa shape index (κ1) is 24.6. The summed E-state index contributed by atoms with van der Waals surface area (Å²) in [4.78, 5) is 19.7. The zero-order valence-electron chi connectivity index (χ0n) is 21.7. The van der Waals surface area contributed by atoms with Crippen LogP contribution in [0.15, 0.2) is 77.8 Å². The lowest BCUT2D eigenvalue weighted by molar-refractivity contribution is -0.131. The highest BCUT2D eigenvalue weighted by Gasteiger charge is 2.72. The number of rotatable bonds is 5. The van der Waals surface area contributed by atoms with Gasteiger partial charge >= 0.3 is 0 Å². The van der Waals surface area contributed by atoms with E-state index in [9.17, 15) is 13.2 Å². The molecule has 5 atom stereocenters. The van der Waals surface area contributed by atoms with Crippen molar-refractivity contribution in [2.24, 2.45) is 27.7 Å². The first-order chi connectivity index (χ1) is 17.7. The van der Waals surface area contributed by atoms with E-state index in [0.717, 1.165) is 55.4 Å². The molecular formula is C31H36N2O3S. The highest BCUT2D eigenvalue weighted by molar-refractivity contribution is 7.90. The number of carbonyl (C=O) groups is 1. The molecule has 37 heavy (non-hydrogen) atoms. The van der Waals surface area contributed by atoms with E-state index in [1.54, 1.807) is 0 Å². The number of sulfonamides is 1. The Labute approximate surface area is 220 Å². The summed E-state index contributed by atoms with van der Waals surface area (Å²) in [5, 5.41) is 0. The summed E-state index contributed by atoms with van der Waals surface area (Å²) in [6.07, 6.45) is 9.71. The molecule has 1 heterocycles. The molecule has 2 aromatic carbocycles. The molecule has 0 N–H and O–H groups in total. The van der Waals surface area contributed by atoms with Gasteiger partial charge in [-0.25, -0.2) is 12.7 Å². The summed E-state index contributed by atoms with van der Waals surface area (Å²) >= 11 is 0. The highest BCUT2D eigenvalue weighted by atomic mass is 32.2. The third kappa shape index (κ3) is 3.82. The molecule has 1 unspecified atom stereocenters. The number of nitrogens with zero attached hydrogens (tertiary/aromatic N) is 2. The van der Waals surface area contributed by atoms with Gasteiger partial charge in [-0.1, -0.05) is 86.7 Å². The lowest BCUT2D eigenvalue weighted by Crippen LogP contribution is -2.49. The van der Waals surface area contributed by atoms with Gasteiger partial charge in [-0.2, -0.15) is 0 Å². The highest BCUT2D eigenvalue weighted by Crippen LogP contribution is 2.70. The summed E-state index contributed by atoms with van der Waals surface area (Å²) in [5.41, 5.74) is 2.16. The van der Waals surface area contributed by atoms with Crippen LogP contribution in [0.1, 0.15) is 63.5 Å². The van der Waals surface area contributed by atoms with Crippen molar-refractivity contribution in [2.75, 3.05) is 5.75 Å². The Bertz CT molecular complexity index is 1310. The van der Waals surface area contributed by atoms with E-state index in [1.165, 1.54) is 4.31 Å². The number of benzene rings is 2. The van der Waals surface area contributed by atoms with Crippen LogP contribution in [0.4, 0.5) is 0 Å². The maximum atomic E-state index is 14.5. The molecule has 5 nitrogen and oxygen atoms in total. The van der Waals surface area contributed by atoms with Crippen LogP contribution in [-0.2, 0) is 14.8 Å². The van der Waals surface area contributed by atoms with E-state index in [-0.39, 0.29) is 34.4 Å². The predicted octanol–water partition coefficient (Wildman–Crippen LogP) is 5.62. The van der Waals surface area contributed by atoms with E-state index in [4.69, 9.17) is 4.99 Å². The van der Waals surface area contributed by atoms with Gasteiger partial charge in [0.2, 0.25) is 10.0 Å². The van der Waals surface area contributed by atoms with E-state index < -0.39 is 16.1 Å². The van der Waals surface area contributed by atoms with Crippen LogP contribution >= 0.6 is 0 Å². The van der Waals surface area contributed by atoms with Crippen molar-refractivity contribution in [3.05, 3.63) is 83.9 Å². The predicted molar refractivity (Wildman–Crippen MR) is 147 cm³/mol. The number of hydrogen-bond donors (Lipinski definition) is 0. The Kier molecular flexibility index (Phi) is 5.94. The minimum atomic E-state index is -3.72. The van der Waals surface area contributed by atoms with Crippen LogP contribution < -0.4 is 0 Å². The Morgan fingerprint density at radius 1 is 1.00 bits per heavy atom. The molecule has 2 aromatic rings. The molecule has 1 saturated heterocycles. The Balaban J connectivity index is 1.47. The molecule has 3 fully saturated rings. The molecule has 1 amide bonds. The van der Waals surface area contributed by atoms with Crippen molar-refractivity contribution < 1.29 is 13.2 Å². The molecule has 0 radical (unpaired) electrons. The molecule has 4 aliphatic rings. The van der Waals surface area contributed by atoms with Gasteiger partial charge in [0.1, 0.15) is 6.04 Å². The van der Waals surface area contributed by atoms with Gasteiger partial charge in [-0.15, -0.1) is 0 Å². The average Bonchev–Trinajstić information content (AvgIpc) is 3.39. The van der Waals surface area contributed by atoms with Gasteiger partial charge in [-0.05, 0) is 49.9 Å². The summed E-state index contributed by atoms with van der Waals surface area (Å²) < 4.78 is 28.8. The standard InChI is InChI=1S/C31H36N2O3S/c1-30(2)25-18-19-31(30)21-37(35,36)33(26(31)20-25)29(34)28(24-16-10-5-11-17-24)32-27(22-12-6-3-7-13-22)23-14-8-4-9-15-23/h3-4,6-10,12-16,24-26,28H,5,11,17-21H2,1-2H3/t24?,25-,26+,28+,31-/m1/s1. The van der Waals surface area contributed by atoms with Gasteiger partial charge < -0.3 is 0 Å². The molecule has 0 aromatic heterocycles. The molecule has 1 aliphatic heterocycles. The molecule has 6 heteroatoms. The number of carbonyl (C=O) groups excluding carboxylic acids is 1. The third-order valence-corrected chi connectivity index (χ3v) is 11.9. The second-order valence-electron chi connectivity index (χ2n) is 11.9.